The van der Waals surface area contributed by atoms with E-state index in [4.69, 9.17) is 4.74 Å². The third-order valence-corrected chi connectivity index (χ3v) is 4.52. The van der Waals surface area contributed by atoms with Crippen molar-refractivity contribution in [2.45, 2.75) is 46.0 Å². The minimum absolute atomic E-state index is 0.103. The number of ether oxygens (including phenoxy) is 1. The molecule has 3 nitrogen and oxygen atoms in total. The number of carbonyl (C=O) groups excluding carboxylic acids is 1. The maximum absolute atomic E-state index is 12.2. The van der Waals surface area contributed by atoms with E-state index in [1.807, 2.05) is 36.4 Å². The van der Waals surface area contributed by atoms with Gasteiger partial charge >= 0.3 is 5.97 Å². The monoisotopic (exact) mass is 347 g/mol. The second-order valence-electron chi connectivity index (χ2n) is 7.98. The van der Waals surface area contributed by atoms with Crippen LogP contribution in [0.2, 0.25) is 0 Å². The van der Waals surface area contributed by atoms with Crippen molar-refractivity contribution >= 4 is 17.9 Å². The van der Waals surface area contributed by atoms with Crippen LogP contribution in [0, 0.1) is 0 Å². The molecule has 3 rings (SSSR count). The number of hydrogen-bond acceptors (Lipinski definition) is 3. The van der Waals surface area contributed by atoms with Gasteiger partial charge < -0.3 is 4.74 Å². The minimum atomic E-state index is -0.409. The van der Waals surface area contributed by atoms with Crippen LogP contribution in [0.5, 0.6) is 0 Å². The molecule has 1 heterocycles. The molecule has 0 atom stereocenters. The standard InChI is InChI=1S/C23H25NO2/c1-15(2)17-8-10-18(11-9-17)21-24-20(22(25)26-21)14-16-6-12-19(13-7-16)23(3,4)5/h6-15H,1-5H3/b20-14-. The van der Waals surface area contributed by atoms with Crippen molar-refractivity contribution in [2.24, 2.45) is 4.99 Å². The summed E-state index contributed by atoms with van der Waals surface area (Å²) in [5, 5.41) is 0. The number of cyclic esters (lactones) is 1. The molecule has 2 aromatic carbocycles. The van der Waals surface area contributed by atoms with Crippen LogP contribution in [0.25, 0.3) is 6.08 Å². The molecule has 0 radical (unpaired) electrons. The van der Waals surface area contributed by atoms with Crippen LogP contribution >= 0.6 is 0 Å². The molecule has 1 aliphatic rings. The largest absolute Gasteiger partial charge is 0.402 e. The molecule has 0 spiro atoms. The van der Waals surface area contributed by atoms with Gasteiger partial charge in [0.15, 0.2) is 5.70 Å². The van der Waals surface area contributed by atoms with E-state index in [1.165, 1.54) is 11.1 Å². The van der Waals surface area contributed by atoms with Crippen molar-refractivity contribution in [3.63, 3.8) is 0 Å². The van der Waals surface area contributed by atoms with Crippen LogP contribution in [0.1, 0.15) is 62.8 Å². The zero-order valence-corrected chi connectivity index (χ0v) is 16.0. The van der Waals surface area contributed by atoms with Crippen molar-refractivity contribution < 1.29 is 9.53 Å². The Labute approximate surface area is 155 Å². The van der Waals surface area contributed by atoms with Gasteiger partial charge in [-0.25, -0.2) is 9.79 Å². The van der Waals surface area contributed by atoms with Gasteiger partial charge in [0.25, 0.3) is 0 Å². The molecule has 3 heteroatoms. The number of nitrogens with zero attached hydrogens (tertiary/aromatic N) is 1. The summed E-state index contributed by atoms with van der Waals surface area (Å²) in [6.45, 7) is 10.8. The van der Waals surface area contributed by atoms with Crippen LogP contribution in [-0.2, 0) is 14.9 Å². The molecule has 0 fully saturated rings. The molecule has 0 unspecified atom stereocenters. The van der Waals surface area contributed by atoms with Gasteiger partial charge in [-0.05, 0) is 46.2 Å². The van der Waals surface area contributed by atoms with Crippen molar-refractivity contribution in [3.8, 4) is 0 Å². The molecule has 0 saturated heterocycles. The molecule has 0 amide bonds. The minimum Gasteiger partial charge on any atom is -0.402 e. The van der Waals surface area contributed by atoms with Gasteiger partial charge in [-0.3, -0.25) is 0 Å². The lowest BCUT2D eigenvalue weighted by molar-refractivity contribution is -0.129. The summed E-state index contributed by atoms with van der Waals surface area (Å²) < 4.78 is 5.35. The predicted octanol–water partition coefficient (Wildman–Crippen LogP) is 5.45. The van der Waals surface area contributed by atoms with Crippen LogP contribution in [0.4, 0.5) is 0 Å². The van der Waals surface area contributed by atoms with Gasteiger partial charge in [-0.15, -0.1) is 0 Å². The van der Waals surface area contributed by atoms with E-state index < -0.39 is 5.97 Å². The lowest BCUT2D eigenvalue weighted by atomic mass is 9.87. The molecular formula is C23H25NO2. The SMILES string of the molecule is CC(C)c1ccc(C2=N/C(=C\c3ccc(C(C)(C)C)cc3)C(=O)O2)cc1. The average molecular weight is 347 g/mol. The van der Waals surface area contributed by atoms with Crippen molar-refractivity contribution in [2.75, 3.05) is 0 Å². The van der Waals surface area contributed by atoms with E-state index in [-0.39, 0.29) is 5.41 Å². The number of esters is 1. The third-order valence-electron chi connectivity index (χ3n) is 4.52. The van der Waals surface area contributed by atoms with Crippen molar-refractivity contribution in [1.82, 2.24) is 0 Å². The Balaban J connectivity index is 1.84. The maximum atomic E-state index is 12.2. The molecule has 0 bridgehead atoms. The zero-order chi connectivity index (χ0) is 18.9. The fourth-order valence-electron chi connectivity index (χ4n) is 2.78. The number of rotatable bonds is 3. The number of hydrogen-bond donors (Lipinski definition) is 0. The first-order chi connectivity index (χ1) is 12.2. The fraction of sp³-hybridized carbons (Fsp3) is 0.304. The second-order valence-corrected chi connectivity index (χ2v) is 7.98. The highest BCUT2D eigenvalue weighted by molar-refractivity contribution is 6.12. The van der Waals surface area contributed by atoms with E-state index in [9.17, 15) is 4.79 Å². The number of aliphatic imine (C=N–C) groups is 1. The van der Waals surface area contributed by atoms with Crippen LogP contribution < -0.4 is 0 Å². The molecule has 26 heavy (non-hydrogen) atoms. The predicted molar refractivity (Wildman–Crippen MR) is 106 cm³/mol. The molecule has 1 aliphatic heterocycles. The van der Waals surface area contributed by atoms with E-state index >= 15 is 0 Å². The topological polar surface area (TPSA) is 38.7 Å². The Morgan fingerprint density at radius 3 is 2.12 bits per heavy atom. The first kappa shape index (κ1) is 18.1. The van der Waals surface area contributed by atoms with Gasteiger partial charge in [0.2, 0.25) is 5.90 Å². The van der Waals surface area contributed by atoms with E-state index in [0.29, 0.717) is 17.5 Å². The first-order valence-electron chi connectivity index (χ1n) is 8.97. The summed E-state index contributed by atoms with van der Waals surface area (Å²) in [6.07, 6.45) is 1.77. The van der Waals surface area contributed by atoms with E-state index in [0.717, 1.165) is 11.1 Å². The van der Waals surface area contributed by atoms with Crippen molar-refractivity contribution in [3.05, 3.63) is 76.5 Å². The Morgan fingerprint density at radius 2 is 1.58 bits per heavy atom. The normalized spacial score (nSPS) is 16.2. The summed E-state index contributed by atoms with van der Waals surface area (Å²) in [4.78, 5) is 16.5. The highest BCUT2D eigenvalue weighted by atomic mass is 16.6. The molecule has 2 aromatic rings. The summed E-state index contributed by atoms with van der Waals surface area (Å²) in [5.74, 6) is 0.416. The Kier molecular flexibility index (Phi) is 4.82. The smallest absolute Gasteiger partial charge is 0.363 e. The Morgan fingerprint density at radius 1 is 0.962 bits per heavy atom. The second kappa shape index (κ2) is 6.91. The Bertz CT molecular complexity index is 864. The molecule has 0 aliphatic carbocycles. The highest BCUT2D eigenvalue weighted by Crippen LogP contribution is 2.24. The molecular weight excluding hydrogens is 322 g/mol. The highest BCUT2D eigenvalue weighted by Gasteiger charge is 2.24. The zero-order valence-electron chi connectivity index (χ0n) is 16.0. The molecule has 0 saturated carbocycles. The van der Waals surface area contributed by atoms with Crippen LogP contribution in [0.15, 0.2) is 59.2 Å². The van der Waals surface area contributed by atoms with Crippen molar-refractivity contribution in [1.29, 1.82) is 0 Å². The van der Waals surface area contributed by atoms with Crippen LogP contribution in [-0.4, -0.2) is 11.9 Å². The van der Waals surface area contributed by atoms with Crippen LogP contribution in [0.3, 0.4) is 0 Å². The lowest BCUT2D eigenvalue weighted by Crippen LogP contribution is -2.10. The summed E-state index contributed by atoms with van der Waals surface area (Å²) >= 11 is 0. The molecule has 0 aromatic heterocycles. The van der Waals surface area contributed by atoms with Gasteiger partial charge in [0.05, 0.1) is 0 Å². The Hall–Kier alpha value is -2.68. The quantitative estimate of drug-likeness (QED) is 0.547. The van der Waals surface area contributed by atoms with Gasteiger partial charge in [0, 0.05) is 5.56 Å². The van der Waals surface area contributed by atoms with Gasteiger partial charge in [0.1, 0.15) is 0 Å². The first-order valence-corrected chi connectivity index (χ1v) is 8.97. The van der Waals surface area contributed by atoms with Gasteiger partial charge in [-0.1, -0.05) is 71.0 Å². The lowest BCUT2D eigenvalue weighted by Gasteiger charge is -2.18. The van der Waals surface area contributed by atoms with Gasteiger partial charge in [-0.2, -0.15) is 0 Å². The fourth-order valence-corrected chi connectivity index (χ4v) is 2.78. The van der Waals surface area contributed by atoms with E-state index in [1.54, 1.807) is 6.08 Å². The average Bonchev–Trinajstić information content (AvgIpc) is 2.95. The number of benzene rings is 2. The number of carbonyl (C=O) groups is 1. The summed E-state index contributed by atoms with van der Waals surface area (Å²) in [7, 11) is 0. The summed E-state index contributed by atoms with van der Waals surface area (Å²) in [6, 6.07) is 16.2. The molecule has 0 N–H and O–H groups in total. The summed E-state index contributed by atoms with van der Waals surface area (Å²) in [5.41, 5.74) is 4.68. The molecule has 134 valence electrons. The maximum Gasteiger partial charge on any atom is 0.363 e. The third kappa shape index (κ3) is 3.93. The van der Waals surface area contributed by atoms with E-state index in [2.05, 4.69) is 51.7 Å².